The van der Waals surface area contributed by atoms with E-state index >= 15 is 0 Å². The first-order chi connectivity index (χ1) is 8.95. The van der Waals surface area contributed by atoms with Crippen molar-refractivity contribution in [3.05, 3.63) is 29.8 Å². The number of benzene rings is 1. The van der Waals surface area contributed by atoms with Crippen LogP contribution < -0.4 is 10.1 Å². The molecule has 0 saturated carbocycles. The molecule has 1 unspecified atom stereocenters. The van der Waals surface area contributed by atoms with Crippen LogP contribution in [0.15, 0.2) is 24.3 Å². The monoisotopic (exact) mass is 262 g/mol. The molecule has 1 aliphatic rings. The van der Waals surface area contributed by atoms with Gasteiger partial charge in [0.15, 0.2) is 0 Å². The molecule has 19 heavy (non-hydrogen) atoms. The molecule has 1 aliphatic heterocycles. The highest BCUT2D eigenvalue weighted by Gasteiger charge is 2.36. The van der Waals surface area contributed by atoms with Crippen LogP contribution in [0.3, 0.4) is 0 Å². The van der Waals surface area contributed by atoms with Gasteiger partial charge < -0.3 is 15.0 Å². The third kappa shape index (κ3) is 2.73. The summed E-state index contributed by atoms with van der Waals surface area (Å²) in [7, 11) is 1.59. The summed E-state index contributed by atoms with van der Waals surface area (Å²) in [6.45, 7) is 7.77. The lowest BCUT2D eigenvalue weighted by molar-refractivity contribution is 0.0408. The van der Waals surface area contributed by atoms with Gasteiger partial charge in [0.2, 0.25) is 0 Å². The number of nitrogens with one attached hydrogen (secondary N) is 1. The number of piperazine rings is 1. The van der Waals surface area contributed by atoms with Gasteiger partial charge in [-0.05, 0) is 32.9 Å². The van der Waals surface area contributed by atoms with Crippen LogP contribution in [-0.2, 0) is 0 Å². The summed E-state index contributed by atoms with van der Waals surface area (Å²) in [6.07, 6.45) is 0. The molecule has 4 heteroatoms. The van der Waals surface area contributed by atoms with E-state index in [1.807, 2.05) is 29.2 Å². The Kier molecular flexibility index (Phi) is 3.80. The summed E-state index contributed by atoms with van der Waals surface area (Å²) in [5, 5.41) is 3.41. The lowest BCUT2D eigenvalue weighted by Crippen LogP contribution is -2.62. The van der Waals surface area contributed by atoms with Gasteiger partial charge in [-0.25, -0.2) is 0 Å². The lowest BCUT2D eigenvalue weighted by atomic mass is 9.96. The Labute approximate surface area is 114 Å². The molecule has 0 aromatic heterocycles. The largest absolute Gasteiger partial charge is 0.496 e. The van der Waals surface area contributed by atoms with Gasteiger partial charge in [-0.1, -0.05) is 12.1 Å². The van der Waals surface area contributed by atoms with E-state index in [0.717, 1.165) is 6.54 Å². The Morgan fingerprint density at radius 2 is 2.11 bits per heavy atom. The van der Waals surface area contributed by atoms with E-state index in [1.165, 1.54) is 0 Å². The van der Waals surface area contributed by atoms with Crippen molar-refractivity contribution in [3.8, 4) is 5.75 Å². The predicted molar refractivity (Wildman–Crippen MR) is 75.6 cm³/mol. The van der Waals surface area contributed by atoms with E-state index < -0.39 is 0 Å². The van der Waals surface area contributed by atoms with Gasteiger partial charge >= 0.3 is 0 Å². The Morgan fingerprint density at radius 1 is 1.42 bits per heavy atom. The molecule has 1 heterocycles. The highest BCUT2D eigenvalue weighted by molar-refractivity contribution is 5.97. The lowest BCUT2D eigenvalue weighted by Gasteiger charge is -2.45. The van der Waals surface area contributed by atoms with E-state index in [4.69, 9.17) is 4.74 Å². The molecule has 1 aromatic carbocycles. The fourth-order valence-corrected chi connectivity index (χ4v) is 2.43. The van der Waals surface area contributed by atoms with Gasteiger partial charge in [-0.2, -0.15) is 0 Å². The van der Waals surface area contributed by atoms with E-state index in [9.17, 15) is 4.79 Å². The molecule has 1 amide bonds. The summed E-state index contributed by atoms with van der Waals surface area (Å²) in [4.78, 5) is 14.7. The van der Waals surface area contributed by atoms with Crippen molar-refractivity contribution in [2.45, 2.75) is 32.4 Å². The normalized spacial score (nSPS) is 22.1. The molecule has 1 aromatic rings. The quantitative estimate of drug-likeness (QED) is 0.885. The standard InChI is InChI=1S/C15H22N2O2/c1-11-9-17(15(2,3)10-16-11)14(18)12-7-5-6-8-13(12)19-4/h5-8,11,16H,9-10H2,1-4H3. The summed E-state index contributed by atoms with van der Waals surface area (Å²) in [6, 6.07) is 7.71. The Bertz CT molecular complexity index is 471. The number of ether oxygens (including phenoxy) is 1. The number of carbonyl (C=O) groups is 1. The minimum Gasteiger partial charge on any atom is -0.496 e. The number of hydrogen-bond acceptors (Lipinski definition) is 3. The molecular weight excluding hydrogens is 240 g/mol. The highest BCUT2D eigenvalue weighted by atomic mass is 16.5. The van der Waals surface area contributed by atoms with Crippen molar-refractivity contribution in [2.24, 2.45) is 0 Å². The van der Waals surface area contributed by atoms with E-state index in [1.54, 1.807) is 7.11 Å². The van der Waals surface area contributed by atoms with Crippen molar-refractivity contribution in [3.63, 3.8) is 0 Å². The van der Waals surface area contributed by atoms with Gasteiger partial charge in [0.25, 0.3) is 5.91 Å². The summed E-state index contributed by atoms with van der Waals surface area (Å²) in [5.74, 6) is 0.672. The van der Waals surface area contributed by atoms with Crippen LogP contribution in [0.2, 0.25) is 0 Å². The first-order valence-corrected chi connectivity index (χ1v) is 6.64. The van der Waals surface area contributed by atoms with Gasteiger partial charge in [-0.3, -0.25) is 4.79 Å². The fourth-order valence-electron chi connectivity index (χ4n) is 2.43. The average Bonchev–Trinajstić information content (AvgIpc) is 2.40. The summed E-state index contributed by atoms with van der Waals surface area (Å²) >= 11 is 0. The van der Waals surface area contributed by atoms with Crippen molar-refractivity contribution in [2.75, 3.05) is 20.2 Å². The van der Waals surface area contributed by atoms with Gasteiger partial charge in [-0.15, -0.1) is 0 Å². The van der Waals surface area contributed by atoms with Gasteiger partial charge in [0, 0.05) is 19.1 Å². The van der Waals surface area contributed by atoms with Crippen molar-refractivity contribution < 1.29 is 9.53 Å². The summed E-state index contributed by atoms with van der Waals surface area (Å²) < 4.78 is 5.29. The number of para-hydroxylation sites is 1. The zero-order chi connectivity index (χ0) is 14.0. The molecule has 0 radical (unpaired) electrons. The number of nitrogens with zero attached hydrogens (tertiary/aromatic N) is 1. The third-order valence-electron chi connectivity index (χ3n) is 3.65. The Morgan fingerprint density at radius 3 is 2.79 bits per heavy atom. The Balaban J connectivity index is 2.31. The topological polar surface area (TPSA) is 41.6 Å². The molecule has 1 saturated heterocycles. The van der Waals surface area contributed by atoms with E-state index in [2.05, 4.69) is 26.1 Å². The van der Waals surface area contributed by atoms with Crippen molar-refractivity contribution in [1.29, 1.82) is 0 Å². The second-order valence-electron chi connectivity index (χ2n) is 5.71. The SMILES string of the molecule is COc1ccccc1C(=O)N1CC(C)NCC1(C)C. The molecule has 1 atom stereocenters. The maximum atomic E-state index is 12.8. The molecule has 0 bridgehead atoms. The number of methoxy groups -OCH3 is 1. The maximum absolute atomic E-state index is 12.8. The van der Waals surface area contributed by atoms with Crippen LogP contribution in [-0.4, -0.2) is 42.6 Å². The minimum atomic E-state index is -0.190. The number of rotatable bonds is 2. The molecule has 1 N–H and O–H groups in total. The molecule has 0 spiro atoms. The second kappa shape index (κ2) is 5.21. The van der Waals surface area contributed by atoms with Crippen LogP contribution in [0, 0.1) is 0 Å². The van der Waals surface area contributed by atoms with Crippen LogP contribution >= 0.6 is 0 Å². The highest BCUT2D eigenvalue weighted by Crippen LogP contribution is 2.25. The molecular formula is C15H22N2O2. The number of hydrogen-bond donors (Lipinski definition) is 1. The molecule has 1 fully saturated rings. The second-order valence-corrected chi connectivity index (χ2v) is 5.71. The van der Waals surface area contributed by atoms with Gasteiger partial charge in [0.1, 0.15) is 5.75 Å². The minimum absolute atomic E-state index is 0.0378. The molecule has 4 nitrogen and oxygen atoms in total. The van der Waals surface area contributed by atoms with Crippen molar-refractivity contribution in [1.82, 2.24) is 10.2 Å². The third-order valence-corrected chi connectivity index (χ3v) is 3.65. The first-order valence-electron chi connectivity index (χ1n) is 6.64. The van der Waals surface area contributed by atoms with Crippen LogP contribution in [0.1, 0.15) is 31.1 Å². The van der Waals surface area contributed by atoms with E-state index in [-0.39, 0.29) is 11.4 Å². The van der Waals surface area contributed by atoms with Gasteiger partial charge in [0.05, 0.1) is 18.2 Å². The Hall–Kier alpha value is -1.55. The molecule has 2 rings (SSSR count). The van der Waals surface area contributed by atoms with Crippen LogP contribution in [0.4, 0.5) is 0 Å². The van der Waals surface area contributed by atoms with Crippen LogP contribution in [0.5, 0.6) is 5.75 Å². The van der Waals surface area contributed by atoms with E-state index in [0.29, 0.717) is 23.9 Å². The molecule has 104 valence electrons. The zero-order valence-electron chi connectivity index (χ0n) is 12.1. The maximum Gasteiger partial charge on any atom is 0.258 e. The fraction of sp³-hybridized carbons (Fsp3) is 0.533. The smallest absolute Gasteiger partial charge is 0.258 e. The average molecular weight is 262 g/mol. The first kappa shape index (κ1) is 13.9. The summed E-state index contributed by atoms with van der Waals surface area (Å²) in [5.41, 5.74) is 0.442. The predicted octanol–water partition coefficient (Wildman–Crippen LogP) is 1.91. The molecule has 0 aliphatic carbocycles. The number of amides is 1. The van der Waals surface area contributed by atoms with Crippen molar-refractivity contribution >= 4 is 5.91 Å². The van der Waals surface area contributed by atoms with Crippen LogP contribution in [0.25, 0.3) is 0 Å². The zero-order valence-corrected chi connectivity index (χ0v) is 12.1. The number of carbonyl (C=O) groups excluding carboxylic acids is 1.